The summed E-state index contributed by atoms with van der Waals surface area (Å²) in [4.78, 5) is 0. The molecule has 6 nitrogen and oxygen atoms in total. The molecule has 1 atom stereocenters. The van der Waals surface area contributed by atoms with E-state index in [1.165, 1.54) is 0 Å². The molecule has 0 bridgehead atoms. The van der Waals surface area contributed by atoms with Gasteiger partial charge in [-0.25, -0.2) is 0 Å². The molecule has 2 aromatic heterocycles. The van der Waals surface area contributed by atoms with Gasteiger partial charge in [0.15, 0.2) is 0 Å². The molecule has 6 heteroatoms. The fraction of sp³-hybridized carbons (Fsp3) is 0.545. The Morgan fingerprint density at radius 2 is 2.18 bits per heavy atom. The second kappa shape index (κ2) is 5.09. The first-order valence-electron chi connectivity index (χ1n) is 5.74. The van der Waals surface area contributed by atoms with Crippen LogP contribution in [0.5, 0.6) is 0 Å². The Kier molecular flexibility index (Phi) is 3.53. The summed E-state index contributed by atoms with van der Waals surface area (Å²) in [6.07, 6.45) is 2.49. The van der Waals surface area contributed by atoms with E-state index in [0.717, 1.165) is 18.5 Å². The van der Waals surface area contributed by atoms with Gasteiger partial charge in [-0.3, -0.25) is 0 Å². The minimum Gasteiger partial charge on any atom is -0.419 e. The topological polar surface area (TPSA) is 77.0 Å². The monoisotopic (exact) mass is 236 g/mol. The van der Waals surface area contributed by atoms with Crippen molar-refractivity contribution in [2.24, 2.45) is 0 Å². The Labute approximate surface area is 99.4 Å². The lowest BCUT2D eigenvalue weighted by molar-refractivity contribution is 0.393. The lowest BCUT2D eigenvalue weighted by atomic mass is 10.2. The highest BCUT2D eigenvalue weighted by molar-refractivity contribution is 5.52. The molecule has 17 heavy (non-hydrogen) atoms. The predicted octanol–water partition coefficient (Wildman–Crippen LogP) is 2.09. The molecule has 0 spiro atoms. The fourth-order valence-corrected chi connectivity index (χ4v) is 1.64. The smallest absolute Gasteiger partial charge is 0.253 e. The third-order valence-corrected chi connectivity index (χ3v) is 2.58. The van der Waals surface area contributed by atoms with E-state index in [2.05, 4.69) is 27.6 Å². The number of nitrogens with one attached hydrogen (secondary N) is 1. The van der Waals surface area contributed by atoms with Crippen LogP contribution in [0.4, 0.5) is 0 Å². The summed E-state index contributed by atoms with van der Waals surface area (Å²) in [5.41, 5.74) is 0.745. The Morgan fingerprint density at radius 3 is 2.76 bits per heavy atom. The van der Waals surface area contributed by atoms with Crippen LogP contribution in [0.25, 0.3) is 11.5 Å². The molecule has 0 radical (unpaired) electrons. The number of aryl methyl sites for hydroxylation is 1. The van der Waals surface area contributed by atoms with Gasteiger partial charge in [0.1, 0.15) is 11.3 Å². The summed E-state index contributed by atoms with van der Waals surface area (Å²) in [5, 5.41) is 15.0. The van der Waals surface area contributed by atoms with E-state index < -0.39 is 0 Å². The largest absolute Gasteiger partial charge is 0.419 e. The van der Waals surface area contributed by atoms with Crippen molar-refractivity contribution < 1.29 is 8.94 Å². The molecule has 92 valence electrons. The summed E-state index contributed by atoms with van der Waals surface area (Å²) >= 11 is 0. The molecule has 2 rings (SSSR count). The maximum Gasteiger partial charge on any atom is 0.253 e. The van der Waals surface area contributed by atoms with Crippen LogP contribution in [-0.4, -0.2) is 21.9 Å². The predicted molar refractivity (Wildman–Crippen MR) is 61.2 cm³/mol. The molecule has 0 saturated carbocycles. The van der Waals surface area contributed by atoms with Crippen LogP contribution in [0.1, 0.15) is 38.0 Å². The van der Waals surface area contributed by atoms with Gasteiger partial charge in [-0.1, -0.05) is 19.0 Å². The van der Waals surface area contributed by atoms with Crippen molar-refractivity contribution in [1.29, 1.82) is 0 Å². The molecule has 0 saturated heterocycles. The van der Waals surface area contributed by atoms with E-state index in [1.807, 2.05) is 13.8 Å². The van der Waals surface area contributed by atoms with Crippen molar-refractivity contribution in [3.05, 3.63) is 17.8 Å². The average molecular weight is 236 g/mol. The Hall–Kier alpha value is -1.69. The van der Waals surface area contributed by atoms with Crippen molar-refractivity contribution >= 4 is 0 Å². The maximum absolute atomic E-state index is 5.63. The first-order chi connectivity index (χ1) is 8.26. The van der Waals surface area contributed by atoms with Crippen molar-refractivity contribution in [2.45, 2.75) is 33.2 Å². The summed E-state index contributed by atoms with van der Waals surface area (Å²) in [5.74, 6) is 1.73. The van der Waals surface area contributed by atoms with Crippen LogP contribution in [0.15, 0.2) is 15.1 Å². The van der Waals surface area contributed by atoms with Crippen LogP contribution in [0, 0.1) is 6.92 Å². The van der Waals surface area contributed by atoms with Gasteiger partial charge in [0.05, 0.1) is 12.2 Å². The molecular formula is C11H16N4O2. The SMILES string of the molecule is CCNC(CC)c1nnc(-c2cnoc2C)o1. The average Bonchev–Trinajstić information content (AvgIpc) is 2.94. The molecule has 1 N–H and O–H groups in total. The molecule has 1 unspecified atom stereocenters. The Balaban J connectivity index is 2.24. The molecule has 2 aromatic rings. The molecule has 0 amide bonds. The first-order valence-corrected chi connectivity index (χ1v) is 5.74. The number of nitrogens with zero attached hydrogens (tertiary/aromatic N) is 3. The zero-order chi connectivity index (χ0) is 12.3. The number of aromatic nitrogens is 3. The van der Waals surface area contributed by atoms with Crippen molar-refractivity contribution in [1.82, 2.24) is 20.7 Å². The van der Waals surface area contributed by atoms with Crippen LogP contribution >= 0.6 is 0 Å². The van der Waals surface area contributed by atoms with E-state index in [0.29, 0.717) is 17.5 Å². The molecule has 0 aliphatic rings. The normalized spacial score (nSPS) is 12.9. The van der Waals surface area contributed by atoms with E-state index in [9.17, 15) is 0 Å². The fourth-order valence-electron chi connectivity index (χ4n) is 1.64. The van der Waals surface area contributed by atoms with Crippen LogP contribution in [0.3, 0.4) is 0 Å². The van der Waals surface area contributed by atoms with Crippen molar-refractivity contribution in [2.75, 3.05) is 6.54 Å². The van der Waals surface area contributed by atoms with Gasteiger partial charge >= 0.3 is 0 Å². The second-order valence-corrected chi connectivity index (χ2v) is 3.76. The number of hydrogen-bond acceptors (Lipinski definition) is 6. The number of rotatable bonds is 5. The van der Waals surface area contributed by atoms with Gasteiger partial charge in [-0.05, 0) is 19.9 Å². The third kappa shape index (κ3) is 2.36. The minimum absolute atomic E-state index is 0.0985. The van der Waals surface area contributed by atoms with E-state index in [4.69, 9.17) is 8.94 Å². The number of hydrogen-bond donors (Lipinski definition) is 1. The summed E-state index contributed by atoms with van der Waals surface area (Å²) in [6.45, 7) is 6.79. The molecule has 0 aliphatic carbocycles. The molecular weight excluding hydrogens is 220 g/mol. The Bertz CT molecular complexity index is 477. The van der Waals surface area contributed by atoms with Crippen molar-refractivity contribution in [3.8, 4) is 11.5 Å². The van der Waals surface area contributed by atoms with Gasteiger partial charge in [0.2, 0.25) is 5.89 Å². The lowest BCUT2D eigenvalue weighted by Crippen LogP contribution is -2.20. The Morgan fingerprint density at radius 1 is 1.35 bits per heavy atom. The first kappa shape index (κ1) is 11.8. The van der Waals surface area contributed by atoms with E-state index in [1.54, 1.807) is 6.20 Å². The van der Waals surface area contributed by atoms with E-state index in [-0.39, 0.29) is 6.04 Å². The van der Waals surface area contributed by atoms with Crippen LogP contribution in [-0.2, 0) is 0 Å². The van der Waals surface area contributed by atoms with Crippen LogP contribution < -0.4 is 5.32 Å². The highest BCUT2D eigenvalue weighted by atomic mass is 16.5. The molecule has 2 heterocycles. The standard InChI is InChI=1S/C11H16N4O2/c1-4-9(12-5-2)11-15-14-10(16-11)8-6-13-17-7(8)3/h6,9,12H,4-5H2,1-3H3. The van der Waals surface area contributed by atoms with Gasteiger partial charge in [-0.2, -0.15) is 0 Å². The minimum atomic E-state index is 0.0985. The van der Waals surface area contributed by atoms with Gasteiger partial charge < -0.3 is 14.3 Å². The van der Waals surface area contributed by atoms with Crippen LogP contribution in [0.2, 0.25) is 0 Å². The summed E-state index contributed by atoms with van der Waals surface area (Å²) < 4.78 is 10.6. The zero-order valence-electron chi connectivity index (χ0n) is 10.2. The second-order valence-electron chi connectivity index (χ2n) is 3.76. The molecule has 0 aromatic carbocycles. The van der Waals surface area contributed by atoms with Gasteiger partial charge in [-0.15, -0.1) is 10.2 Å². The lowest BCUT2D eigenvalue weighted by Gasteiger charge is -2.09. The maximum atomic E-state index is 5.63. The summed E-state index contributed by atoms with van der Waals surface area (Å²) in [7, 11) is 0. The highest BCUT2D eigenvalue weighted by Crippen LogP contribution is 2.24. The van der Waals surface area contributed by atoms with E-state index >= 15 is 0 Å². The quantitative estimate of drug-likeness (QED) is 0.856. The third-order valence-electron chi connectivity index (χ3n) is 2.58. The molecule has 0 aliphatic heterocycles. The van der Waals surface area contributed by atoms with Gasteiger partial charge in [0.25, 0.3) is 5.89 Å². The molecule has 0 fully saturated rings. The highest BCUT2D eigenvalue weighted by Gasteiger charge is 2.18. The summed E-state index contributed by atoms with van der Waals surface area (Å²) in [6, 6.07) is 0.0985. The van der Waals surface area contributed by atoms with Crippen molar-refractivity contribution in [3.63, 3.8) is 0 Å². The zero-order valence-corrected chi connectivity index (χ0v) is 10.2. The van der Waals surface area contributed by atoms with Gasteiger partial charge in [0, 0.05) is 0 Å².